The van der Waals surface area contributed by atoms with Crippen LogP contribution in [0.5, 0.6) is 0 Å². The lowest BCUT2D eigenvalue weighted by Gasteiger charge is -2.30. The van der Waals surface area contributed by atoms with E-state index in [0.29, 0.717) is 19.6 Å². The molecule has 0 saturated heterocycles. The number of alkyl halides is 1. The number of esters is 2. The van der Waals surface area contributed by atoms with Crippen LogP contribution in [0.3, 0.4) is 0 Å². The lowest BCUT2D eigenvalue weighted by molar-refractivity contribution is -0.155. The summed E-state index contributed by atoms with van der Waals surface area (Å²) in [7, 11) is 0. The summed E-state index contributed by atoms with van der Waals surface area (Å²) in [4.78, 5) is 22.4. The summed E-state index contributed by atoms with van der Waals surface area (Å²) < 4.78 is 9.85. The first-order chi connectivity index (χ1) is 8.14. The van der Waals surface area contributed by atoms with Gasteiger partial charge in [-0.25, -0.2) is 0 Å². The Labute approximate surface area is 114 Å². The van der Waals surface area contributed by atoms with E-state index < -0.39 is 10.3 Å². The first-order valence-corrected chi connectivity index (χ1v) is 6.54. The SMILES string of the molecule is CCOC(=O)CC(C)(Cl)CC(C)(C)C(=O)OCC. The van der Waals surface area contributed by atoms with Gasteiger partial charge in [-0.15, -0.1) is 11.6 Å². The van der Waals surface area contributed by atoms with Gasteiger partial charge in [0.05, 0.1) is 29.9 Å². The Bertz CT molecular complexity index is 297. The highest BCUT2D eigenvalue weighted by molar-refractivity contribution is 6.24. The number of hydrogen-bond donors (Lipinski definition) is 0. The van der Waals surface area contributed by atoms with Crippen molar-refractivity contribution in [1.82, 2.24) is 0 Å². The van der Waals surface area contributed by atoms with Crippen LogP contribution >= 0.6 is 11.6 Å². The molecular formula is C13H23ClO4. The quantitative estimate of drug-likeness (QED) is 0.531. The Morgan fingerprint density at radius 1 is 1.06 bits per heavy atom. The van der Waals surface area contributed by atoms with Crippen LogP contribution in [-0.2, 0) is 19.1 Å². The highest BCUT2D eigenvalue weighted by Crippen LogP contribution is 2.36. The molecule has 0 aliphatic rings. The van der Waals surface area contributed by atoms with Gasteiger partial charge in [-0.1, -0.05) is 0 Å². The Hall–Kier alpha value is -0.770. The fourth-order valence-electron chi connectivity index (χ4n) is 1.90. The van der Waals surface area contributed by atoms with Gasteiger partial charge >= 0.3 is 11.9 Å². The second-order valence-corrected chi connectivity index (χ2v) is 6.09. The normalized spacial score (nSPS) is 14.8. The lowest BCUT2D eigenvalue weighted by atomic mass is 9.81. The molecular weight excluding hydrogens is 256 g/mol. The smallest absolute Gasteiger partial charge is 0.311 e. The molecule has 4 nitrogen and oxygen atoms in total. The maximum Gasteiger partial charge on any atom is 0.311 e. The van der Waals surface area contributed by atoms with Crippen molar-refractivity contribution in [3.05, 3.63) is 0 Å². The predicted octanol–water partition coefficient (Wildman–Crippen LogP) is 2.92. The molecule has 0 rings (SSSR count). The van der Waals surface area contributed by atoms with Crippen LogP contribution in [0.4, 0.5) is 0 Å². The molecule has 1 unspecified atom stereocenters. The zero-order valence-corrected chi connectivity index (χ0v) is 12.6. The molecule has 0 aromatic rings. The third-order valence-corrected chi connectivity index (χ3v) is 2.72. The van der Waals surface area contributed by atoms with Gasteiger partial charge in [0.25, 0.3) is 0 Å². The largest absolute Gasteiger partial charge is 0.466 e. The number of rotatable bonds is 7. The highest BCUT2D eigenvalue weighted by Gasteiger charge is 2.38. The second kappa shape index (κ2) is 6.98. The van der Waals surface area contributed by atoms with E-state index in [4.69, 9.17) is 21.1 Å². The summed E-state index contributed by atoms with van der Waals surface area (Å²) >= 11 is 6.29. The molecule has 0 spiro atoms. The molecule has 5 heteroatoms. The molecule has 0 radical (unpaired) electrons. The number of carbonyl (C=O) groups is 2. The average molecular weight is 279 g/mol. The van der Waals surface area contributed by atoms with Gasteiger partial charge in [0.1, 0.15) is 0 Å². The molecule has 0 aliphatic heterocycles. The van der Waals surface area contributed by atoms with E-state index in [2.05, 4.69) is 0 Å². The van der Waals surface area contributed by atoms with Crippen LogP contribution in [0.15, 0.2) is 0 Å². The topological polar surface area (TPSA) is 52.6 Å². The van der Waals surface area contributed by atoms with E-state index in [9.17, 15) is 9.59 Å². The summed E-state index contributed by atoms with van der Waals surface area (Å²) in [6, 6.07) is 0. The Kier molecular flexibility index (Phi) is 6.68. The monoisotopic (exact) mass is 278 g/mol. The molecule has 0 amide bonds. The lowest BCUT2D eigenvalue weighted by Crippen LogP contribution is -2.35. The number of ether oxygens (including phenoxy) is 2. The van der Waals surface area contributed by atoms with Crippen molar-refractivity contribution in [3.8, 4) is 0 Å². The van der Waals surface area contributed by atoms with Gasteiger partial charge in [-0.2, -0.15) is 0 Å². The molecule has 0 fully saturated rings. The molecule has 0 saturated carbocycles. The van der Waals surface area contributed by atoms with Crippen LogP contribution in [-0.4, -0.2) is 30.0 Å². The first-order valence-electron chi connectivity index (χ1n) is 6.16. The highest BCUT2D eigenvalue weighted by atomic mass is 35.5. The van der Waals surface area contributed by atoms with Crippen molar-refractivity contribution in [2.45, 2.75) is 52.3 Å². The van der Waals surface area contributed by atoms with Crippen molar-refractivity contribution in [2.75, 3.05) is 13.2 Å². The minimum atomic E-state index is -0.817. The third kappa shape index (κ3) is 6.24. The molecule has 0 N–H and O–H groups in total. The second-order valence-electron chi connectivity index (χ2n) is 5.18. The molecule has 18 heavy (non-hydrogen) atoms. The van der Waals surface area contributed by atoms with Crippen molar-refractivity contribution in [2.24, 2.45) is 5.41 Å². The van der Waals surface area contributed by atoms with E-state index in [1.807, 2.05) is 0 Å². The van der Waals surface area contributed by atoms with Gasteiger partial charge in [0, 0.05) is 0 Å². The summed E-state index contributed by atoms with van der Waals surface area (Å²) in [6.07, 6.45) is 0.421. The minimum Gasteiger partial charge on any atom is -0.466 e. The van der Waals surface area contributed by atoms with Crippen molar-refractivity contribution >= 4 is 23.5 Å². The van der Waals surface area contributed by atoms with Crippen LogP contribution in [0.2, 0.25) is 0 Å². The van der Waals surface area contributed by atoms with E-state index in [-0.39, 0.29) is 18.4 Å². The van der Waals surface area contributed by atoms with Gasteiger partial charge in [-0.3, -0.25) is 9.59 Å². The standard InChI is InChI=1S/C13H23ClO4/c1-6-17-10(15)8-13(5,14)9-12(3,4)11(16)18-7-2/h6-9H2,1-5H3. The van der Waals surface area contributed by atoms with Crippen LogP contribution in [0, 0.1) is 5.41 Å². The summed E-state index contributed by atoms with van der Waals surface area (Å²) in [5, 5.41) is 0. The first kappa shape index (κ1) is 17.2. The van der Waals surface area contributed by atoms with E-state index >= 15 is 0 Å². The number of hydrogen-bond acceptors (Lipinski definition) is 4. The zero-order valence-electron chi connectivity index (χ0n) is 11.8. The average Bonchev–Trinajstić information content (AvgIpc) is 2.15. The maximum atomic E-state index is 11.8. The Balaban J connectivity index is 4.54. The van der Waals surface area contributed by atoms with Crippen molar-refractivity contribution in [1.29, 1.82) is 0 Å². The minimum absolute atomic E-state index is 0.0746. The van der Waals surface area contributed by atoms with E-state index in [1.54, 1.807) is 34.6 Å². The Morgan fingerprint density at radius 2 is 1.56 bits per heavy atom. The van der Waals surface area contributed by atoms with Gasteiger partial charge in [0.15, 0.2) is 0 Å². The van der Waals surface area contributed by atoms with E-state index in [1.165, 1.54) is 0 Å². The molecule has 0 aromatic carbocycles. The maximum absolute atomic E-state index is 11.8. The van der Waals surface area contributed by atoms with Crippen LogP contribution < -0.4 is 0 Å². The number of halogens is 1. The molecule has 0 bridgehead atoms. The van der Waals surface area contributed by atoms with Gasteiger partial charge in [-0.05, 0) is 41.0 Å². The molecule has 0 aromatic heterocycles. The predicted molar refractivity (Wildman–Crippen MR) is 70.5 cm³/mol. The van der Waals surface area contributed by atoms with Crippen LogP contribution in [0.1, 0.15) is 47.5 Å². The molecule has 0 aliphatic carbocycles. The Morgan fingerprint density at radius 3 is 2.00 bits per heavy atom. The van der Waals surface area contributed by atoms with E-state index in [0.717, 1.165) is 0 Å². The molecule has 106 valence electrons. The molecule has 0 heterocycles. The van der Waals surface area contributed by atoms with Crippen LogP contribution in [0.25, 0.3) is 0 Å². The summed E-state index contributed by atoms with van der Waals surface area (Å²) in [5.41, 5.74) is -0.723. The fourth-order valence-corrected chi connectivity index (χ4v) is 2.34. The van der Waals surface area contributed by atoms with Gasteiger partial charge < -0.3 is 9.47 Å². The molecule has 1 atom stereocenters. The summed E-state index contributed by atoms with van der Waals surface area (Å²) in [6.45, 7) is 9.41. The summed E-state index contributed by atoms with van der Waals surface area (Å²) in [5.74, 6) is -0.657. The fraction of sp³-hybridized carbons (Fsp3) is 0.846. The van der Waals surface area contributed by atoms with Gasteiger partial charge in [0.2, 0.25) is 0 Å². The number of carbonyl (C=O) groups excluding carboxylic acids is 2. The zero-order chi connectivity index (χ0) is 14.4. The third-order valence-electron chi connectivity index (χ3n) is 2.46. The van der Waals surface area contributed by atoms with Crippen molar-refractivity contribution < 1.29 is 19.1 Å². The van der Waals surface area contributed by atoms with Crippen molar-refractivity contribution in [3.63, 3.8) is 0 Å².